The third-order valence-electron chi connectivity index (χ3n) is 1.44. The van der Waals surface area contributed by atoms with Crippen molar-refractivity contribution < 1.29 is 14.0 Å². The van der Waals surface area contributed by atoms with E-state index in [0.29, 0.717) is 12.0 Å². The minimum Gasteiger partial charge on any atom is -0.323 e. The summed E-state index contributed by atoms with van der Waals surface area (Å²) in [5.74, 6) is -0.796. The number of rotatable bonds is 3. The molecule has 0 atom stereocenters. The first kappa shape index (κ1) is 10.1. The number of carbonyl (C=O) groups is 2. The number of halogens is 1. The Kier molecular flexibility index (Phi) is 3.55. The van der Waals surface area contributed by atoms with Crippen molar-refractivity contribution in [1.82, 2.24) is 0 Å². The minimum absolute atomic E-state index is 0.369. The zero-order valence-corrected chi connectivity index (χ0v) is 7.24. The first-order valence-electron chi connectivity index (χ1n) is 3.91. The average molecular weight is 193 g/mol. The van der Waals surface area contributed by atoms with Gasteiger partial charge in [0.05, 0.1) is 0 Å². The van der Waals surface area contributed by atoms with Crippen LogP contribution in [0.4, 0.5) is 10.1 Å². The molecule has 0 saturated heterocycles. The second kappa shape index (κ2) is 4.91. The van der Waals surface area contributed by atoms with E-state index in [1.165, 1.54) is 24.3 Å². The molecule has 0 bridgehead atoms. The lowest BCUT2D eigenvalue weighted by Gasteiger charge is -2.00. The number of nitrogens with one attached hydrogen (secondary N) is 1. The van der Waals surface area contributed by atoms with Crippen LogP contribution in [0.25, 0.3) is 0 Å². The number of aldehydes is 1. The molecule has 0 aliphatic rings. The summed E-state index contributed by atoms with van der Waals surface area (Å²) in [6, 6.07) is 5.34. The van der Waals surface area contributed by atoms with E-state index in [1.807, 2.05) is 0 Å². The summed E-state index contributed by atoms with van der Waals surface area (Å²) in [5.41, 5.74) is 0.479. The largest absolute Gasteiger partial charge is 0.323 e. The van der Waals surface area contributed by atoms with Crippen molar-refractivity contribution in [2.24, 2.45) is 0 Å². The maximum Gasteiger partial charge on any atom is 0.248 e. The Labute approximate surface area is 80.2 Å². The van der Waals surface area contributed by atoms with Gasteiger partial charge in [0, 0.05) is 11.8 Å². The number of hydrogen-bond acceptors (Lipinski definition) is 2. The molecule has 1 amide bonds. The van der Waals surface area contributed by atoms with Crippen LogP contribution in [-0.2, 0) is 9.59 Å². The van der Waals surface area contributed by atoms with E-state index in [4.69, 9.17) is 0 Å². The molecule has 0 spiro atoms. The summed E-state index contributed by atoms with van der Waals surface area (Å²) in [7, 11) is 0. The van der Waals surface area contributed by atoms with E-state index >= 15 is 0 Å². The SMILES string of the molecule is O=C/C=C/C(=O)Nc1ccc(F)cc1. The summed E-state index contributed by atoms with van der Waals surface area (Å²) in [4.78, 5) is 20.9. The lowest BCUT2D eigenvalue weighted by atomic mass is 10.3. The second-order valence-electron chi connectivity index (χ2n) is 2.49. The van der Waals surface area contributed by atoms with Crippen LogP contribution in [0.3, 0.4) is 0 Å². The summed E-state index contributed by atoms with van der Waals surface area (Å²) >= 11 is 0. The smallest absolute Gasteiger partial charge is 0.248 e. The van der Waals surface area contributed by atoms with Crippen molar-refractivity contribution in [2.45, 2.75) is 0 Å². The molecule has 3 nitrogen and oxygen atoms in total. The fourth-order valence-corrected chi connectivity index (χ4v) is 0.844. The lowest BCUT2D eigenvalue weighted by Crippen LogP contribution is -2.07. The molecule has 1 N–H and O–H groups in total. The normalized spacial score (nSPS) is 10.1. The van der Waals surface area contributed by atoms with E-state index in [2.05, 4.69) is 5.32 Å². The molecule has 1 aromatic carbocycles. The number of benzene rings is 1. The third-order valence-corrected chi connectivity index (χ3v) is 1.44. The Balaban J connectivity index is 2.60. The molecule has 0 aliphatic heterocycles. The van der Waals surface area contributed by atoms with Gasteiger partial charge in [-0.25, -0.2) is 4.39 Å². The van der Waals surface area contributed by atoms with Crippen LogP contribution in [0, 0.1) is 5.82 Å². The summed E-state index contributed by atoms with van der Waals surface area (Å²) in [6.07, 6.45) is 2.68. The number of carbonyl (C=O) groups excluding carboxylic acids is 2. The van der Waals surface area contributed by atoms with E-state index in [0.717, 1.165) is 12.2 Å². The molecule has 72 valence electrons. The van der Waals surface area contributed by atoms with Gasteiger partial charge in [-0.1, -0.05) is 0 Å². The number of hydrogen-bond donors (Lipinski definition) is 1. The van der Waals surface area contributed by atoms with Crippen molar-refractivity contribution in [2.75, 3.05) is 5.32 Å². The van der Waals surface area contributed by atoms with E-state index in [9.17, 15) is 14.0 Å². The van der Waals surface area contributed by atoms with Gasteiger partial charge in [-0.3, -0.25) is 9.59 Å². The second-order valence-corrected chi connectivity index (χ2v) is 2.49. The Morgan fingerprint density at radius 1 is 1.29 bits per heavy atom. The summed E-state index contributed by atoms with van der Waals surface area (Å²) in [6.45, 7) is 0. The highest BCUT2D eigenvalue weighted by Crippen LogP contribution is 2.07. The van der Waals surface area contributed by atoms with Crippen LogP contribution in [-0.4, -0.2) is 12.2 Å². The maximum atomic E-state index is 12.5. The highest BCUT2D eigenvalue weighted by molar-refractivity contribution is 6.00. The number of anilines is 1. The molecule has 14 heavy (non-hydrogen) atoms. The van der Waals surface area contributed by atoms with Crippen LogP contribution >= 0.6 is 0 Å². The molecule has 0 aliphatic carbocycles. The van der Waals surface area contributed by atoms with Gasteiger partial charge in [0.2, 0.25) is 5.91 Å². The molecular weight excluding hydrogens is 185 g/mol. The van der Waals surface area contributed by atoms with Crippen molar-refractivity contribution in [1.29, 1.82) is 0 Å². The van der Waals surface area contributed by atoms with Gasteiger partial charge < -0.3 is 5.32 Å². The molecule has 0 aromatic heterocycles. The maximum absolute atomic E-state index is 12.5. The number of amides is 1. The first-order chi connectivity index (χ1) is 6.72. The van der Waals surface area contributed by atoms with Gasteiger partial charge in [0.25, 0.3) is 0 Å². The molecule has 0 heterocycles. The fourth-order valence-electron chi connectivity index (χ4n) is 0.844. The molecular formula is C10H8FNO2. The standard InChI is InChI=1S/C10H8FNO2/c11-8-3-5-9(6-4-8)12-10(14)2-1-7-13/h1-7H,(H,12,14)/b2-1+. The van der Waals surface area contributed by atoms with Crippen molar-refractivity contribution >= 4 is 17.9 Å². The van der Waals surface area contributed by atoms with Gasteiger partial charge in [0.1, 0.15) is 12.1 Å². The van der Waals surface area contributed by atoms with Gasteiger partial charge in [-0.15, -0.1) is 0 Å². The van der Waals surface area contributed by atoms with Crippen LogP contribution in [0.1, 0.15) is 0 Å². The van der Waals surface area contributed by atoms with Crippen molar-refractivity contribution in [3.05, 3.63) is 42.2 Å². The van der Waals surface area contributed by atoms with Crippen molar-refractivity contribution in [3.63, 3.8) is 0 Å². The van der Waals surface area contributed by atoms with Crippen molar-refractivity contribution in [3.8, 4) is 0 Å². The van der Waals surface area contributed by atoms with Crippen LogP contribution < -0.4 is 5.32 Å². The molecule has 1 rings (SSSR count). The van der Waals surface area contributed by atoms with Crippen LogP contribution in [0.15, 0.2) is 36.4 Å². The van der Waals surface area contributed by atoms with Crippen LogP contribution in [0.2, 0.25) is 0 Å². The monoisotopic (exact) mass is 193 g/mol. The summed E-state index contributed by atoms with van der Waals surface area (Å²) < 4.78 is 12.5. The van der Waals surface area contributed by atoms with Crippen LogP contribution in [0.5, 0.6) is 0 Å². The molecule has 0 fully saturated rings. The molecule has 0 unspecified atom stereocenters. The van der Waals surface area contributed by atoms with Gasteiger partial charge in [0.15, 0.2) is 0 Å². The average Bonchev–Trinajstić information content (AvgIpc) is 2.18. The molecule has 4 heteroatoms. The van der Waals surface area contributed by atoms with E-state index < -0.39 is 5.91 Å². The Hall–Kier alpha value is -1.97. The highest BCUT2D eigenvalue weighted by Gasteiger charge is 1.96. The fraction of sp³-hybridized carbons (Fsp3) is 0. The number of allylic oxidation sites excluding steroid dienone is 1. The Bertz CT molecular complexity index is 357. The zero-order chi connectivity index (χ0) is 10.4. The first-order valence-corrected chi connectivity index (χ1v) is 3.91. The highest BCUT2D eigenvalue weighted by atomic mass is 19.1. The minimum atomic E-state index is -0.427. The molecule has 0 saturated carbocycles. The topological polar surface area (TPSA) is 46.2 Å². The Morgan fingerprint density at radius 3 is 2.50 bits per heavy atom. The van der Waals surface area contributed by atoms with E-state index in [-0.39, 0.29) is 5.82 Å². The molecule has 0 radical (unpaired) electrons. The van der Waals surface area contributed by atoms with Gasteiger partial charge in [-0.05, 0) is 30.3 Å². The quantitative estimate of drug-likeness (QED) is 0.584. The lowest BCUT2D eigenvalue weighted by molar-refractivity contribution is -0.112. The van der Waals surface area contributed by atoms with Gasteiger partial charge >= 0.3 is 0 Å². The summed E-state index contributed by atoms with van der Waals surface area (Å²) in [5, 5.41) is 2.45. The molecule has 1 aromatic rings. The van der Waals surface area contributed by atoms with Gasteiger partial charge in [-0.2, -0.15) is 0 Å². The third kappa shape index (κ3) is 3.18. The zero-order valence-electron chi connectivity index (χ0n) is 7.24. The predicted molar refractivity (Wildman–Crippen MR) is 50.2 cm³/mol. The predicted octanol–water partition coefficient (Wildman–Crippen LogP) is 1.52. The Morgan fingerprint density at radius 2 is 1.93 bits per heavy atom. The van der Waals surface area contributed by atoms with E-state index in [1.54, 1.807) is 0 Å².